The van der Waals surface area contributed by atoms with E-state index in [2.05, 4.69) is 30.1 Å². The Bertz CT molecular complexity index is 375. The van der Waals surface area contributed by atoms with E-state index < -0.39 is 0 Å². The molecular weight excluding hydrogens is 226 g/mol. The van der Waals surface area contributed by atoms with E-state index in [1.165, 1.54) is 5.56 Å². The van der Waals surface area contributed by atoms with Gasteiger partial charge in [0, 0.05) is 25.2 Å². The summed E-state index contributed by atoms with van der Waals surface area (Å²) in [5.74, 6) is -0.0538. The molecular formula is C14H23N3O. The molecule has 0 saturated carbocycles. The molecule has 1 rings (SSSR count). The lowest BCUT2D eigenvalue weighted by molar-refractivity contribution is 0.0954. The highest BCUT2D eigenvalue weighted by Crippen LogP contribution is 2.08. The molecule has 0 aliphatic rings. The first kappa shape index (κ1) is 14.7. The van der Waals surface area contributed by atoms with E-state index in [0.717, 1.165) is 19.6 Å². The average molecular weight is 249 g/mol. The maximum absolute atomic E-state index is 11.8. The quantitative estimate of drug-likeness (QED) is 0.764. The molecule has 0 unspecified atom stereocenters. The van der Waals surface area contributed by atoms with Crippen molar-refractivity contribution in [3.8, 4) is 0 Å². The van der Waals surface area contributed by atoms with Crippen molar-refractivity contribution in [1.29, 1.82) is 0 Å². The highest BCUT2D eigenvalue weighted by molar-refractivity contribution is 5.94. The van der Waals surface area contributed by atoms with Crippen molar-refractivity contribution in [3.05, 3.63) is 35.4 Å². The van der Waals surface area contributed by atoms with Gasteiger partial charge >= 0.3 is 0 Å². The number of hydrogen-bond donors (Lipinski definition) is 2. The Morgan fingerprint density at radius 2 is 2.06 bits per heavy atom. The number of carbonyl (C=O) groups excluding carboxylic acids is 1. The molecule has 0 spiro atoms. The third-order valence-corrected chi connectivity index (χ3v) is 2.92. The predicted molar refractivity (Wildman–Crippen MR) is 74.5 cm³/mol. The summed E-state index contributed by atoms with van der Waals surface area (Å²) in [6.45, 7) is 8.16. The summed E-state index contributed by atoms with van der Waals surface area (Å²) >= 11 is 0. The topological polar surface area (TPSA) is 58.4 Å². The van der Waals surface area contributed by atoms with Gasteiger partial charge in [-0.15, -0.1) is 0 Å². The molecule has 1 amide bonds. The Balaban J connectivity index is 2.69. The summed E-state index contributed by atoms with van der Waals surface area (Å²) in [4.78, 5) is 14.1. The van der Waals surface area contributed by atoms with Crippen molar-refractivity contribution in [3.63, 3.8) is 0 Å². The van der Waals surface area contributed by atoms with Crippen molar-refractivity contribution in [2.75, 3.05) is 26.2 Å². The maximum atomic E-state index is 11.8. The normalized spacial score (nSPS) is 10.7. The molecule has 100 valence electrons. The van der Waals surface area contributed by atoms with Gasteiger partial charge in [-0.3, -0.25) is 9.69 Å². The molecule has 0 radical (unpaired) electrons. The first-order valence-electron chi connectivity index (χ1n) is 6.50. The zero-order valence-electron chi connectivity index (χ0n) is 11.3. The monoisotopic (exact) mass is 249 g/mol. The van der Waals surface area contributed by atoms with Crippen LogP contribution < -0.4 is 11.1 Å². The Hall–Kier alpha value is -1.39. The van der Waals surface area contributed by atoms with Crippen LogP contribution in [0.1, 0.15) is 29.8 Å². The standard InChI is InChI=1S/C14H23N3O/c1-3-17(4-2)11-12-6-5-7-13(10-12)14(18)16-9-8-15/h5-7,10H,3-4,8-9,11,15H2,1-2H3,(H,16,18). The van der Waals surface area contributed by atoms with Crippen LogP contribution in [-0.2, 0) is 6.54 Å². The fraction of sp³-hybridized carbons (Fsp3) is 0.500. The van der Waals surface area contributed by atoms with Gasteiger partial charge in [0.2, 0.25) is 0 Å². The molecule has 0 aromatic heterocycles. The molecule has 0 heterocycles. The minimum atomic E-state index is -0.0538. The van der Waals surface area contributed by atoms with Crippen LogP contribution in [0.25, 0.3) is 0 Å². The van der Waals surface area contributed by atoms with Gasteiger partial charge in [-0.1, -0.05) is 26.0 Å². The fourth-order valence-corrected chi connectivity index (χ4v) is 1.80. The third-order valence-electron chi connectivity index (χ3n) is 2.92. The number of hydrogen-bond acceptors (Lipinski definition) is 3. The van der Waals surface area contributed by atoms with Crippen LogP contribution in [0.4, 0.5) is 0 Å². The van der Waals surface area contributed by atoms with Crippen LogP contribution in [0.2, 0.25) is 0 Å². The van der Waals surface area contributed by atoms with Crippen molar-refractivity contribution in [2.24, 2.45) is 5.73 Å². The van der Waals surface area contributed by atoms with Crippen LogP contribution >= 0.6 is 0 Å². The molecule has 4 nitrogen and oxygen atoms in total. The van der Waals surface area contributed by atoms with Crippen LogP contribution in [0.3, 0.4) is 0 Å². The van der Waals surface area contributed by atoms with Crippen LogP contribution in [0, 0.1) is 0 Å². The van der Waals surface area contributed by atoms with Crippen LogP contribution in [-0.4, -0.2) is 37.0 Å². The molecule has 1 aromatic rings. The molecule has 3 N–H and O–H groups in total. The Kier molecular flexibility index (Phi) is 6.39. The lowest BCUT2D eigenvalue weighted by Gasteiger charge is -2.18. The van der Waals surface area contributed by atoms with E-state index in [0.29, 0.717) is 18.7 Å². The summed E-state index contributed by atoms with van der Waals surface area (Å²) in [5, 5.41) is 2.78. The number of benzene rings is 1. The Morgan fingerprint density at radius 3 is 2.67 bits per heavy atom. The summed E-state index contributed by atoms with van der Waals surface area (Å²) in [6, 6.07) is 7.76. The Labute approximate surface area is 109 Å². The van der Waals surface area contributed by atoms with E-state index in [4.69, 9.17) is 5.73 Å². The summed E-state index contributed by atoms with van der Waals surface area (Å²) < 4.78 is 0. The minimum Gasteiger partial charge on any atom is -0.351 e. The lowest BCUT2D eigenvalue weighted by atomic mass is 10.1. The smallest absolute Gasteiger partial charge is 0.251 e. The summed E-state index contributed by atoms with van der Waals surface area (Å²) in [6.07, 6.45) is 0. The van der Waals surface area contributed by atoms with Gasteiger partial charge in [0.15, 0.2) is 0 Å². The highest BCUT2D eigenvalue weighted by atomic mass is 16.1. The van der Waals surface area contributed by atoms with Crippen molar-refractivity contribution in [2.45, 2.75) is 20.4 Å². The minimum absolute atomic E-state index is 0.0538. The second kappa shape index (κ2) is 7.84. The Morgan fingerprint density at radius 1 is 1.33 bits per heavy atom. The first-order chi connectivity index (χ1) is 8.71. The number of nitrogens with zero attached hydrogens (tertiary/aromatic N) is 1. The van der Waals surface area contributed by atoms with E-state index >= 15 is 0 Å². The molecule has 4 heteroatoms. The largest absolute Gasteiger partial charge is 0.351 e. The highest BCUT2D eigenvalue weighted by Gasteiger charge is 2.06. The van der Waals surface area contributed by atoms with Gasteiger partial charge in [0.05, 0.1) is 0 Å². The van der Waals surface area contributed by atoms with Gasteiger partial charge < -0.3 is 11.1 Å². The van der Waals surface area contributed by atoms with Gasteiger partial charge in [-0.05, 0) is 30.8 Å². The molecule has 1 aromatic carbocycles. The third kappa shape index (κ3) is 4.47. The van der Waals surface area contributed by atoms with E-state index in [1.54, 1.807) is 0 Å². The van der Waals surface area contributed by atoms with Gasteiger partial charge in [0.1, 0.15) is 0 Å². The number of nitrogens with one attached hydrogen (secondary N) is 1. The number of amides is 1. The van der Waals surface area contributed by atoms with E-state index in [-0.39, 0.29) is 5.91 Å². The van der Waals surface area contributed by atoms with Crippen LogP contribution in [0.5, 0.6) is 0 Å². The molecule has 0 aliphatic heterocycles. The predicted octanol–water partition coefficient (Wildman–Crippen LogP) is 1.22. The van der Waals surface area contributed by atoms with E-state index in [1.807, 2.05) is 18.2 Å². The molecule has 0 aliphatic carbocycles. The number of rotatable bonds is 7. The van der Waals surface area contributed by atoms with Crippen LogP contribution in [0.15, 0.2) is 24.3 Å². The summed E-state index contributed by atoms with van der Waals surface area (Å²) in [7, 11) is 0. The first-order valence-corrected chi connectivity index (χ1v) is 6.50. The fourth-order valence-electron chi connectivity index (χ4n) is 1.80. The molecule has 0 saturated heterocycles. The van der Waals surface area contributed by atoms with Crippen molar-refractivity contribution >= 4 is 5.91 Å². The van der Waals surface area contributed by atoms with Gasteiger partial charge in [0.25, 0.3) is 5.91 Å². The van der Waals surface area contributed by atoms with Gasteiger partial charge in [-0.2, -0.15) is 0 Å². The molecule has 18 heavy (non-hydrogen) atoms. The average Bonchev–Trinajstić information content (AvgIpc) is 2.42. The second-order valence-electron chi connectivity index (χ2n) is 4.21. The summed E-state index contributed by atoms with van der Waals surface area (Å²) in [5.41, 5.74) is 7.23. The second-order valence-corrected chi connectivity index (χ2v) is 4.21. The zero-order valence-corrected chi connectivity index (χ0v) is 11.3. The van der Waals surface area contributed by atoms with Crippen molar-refractivity contribution < 1.29 is 4.79 Å². The molecule has 0 atom stereocenters. The van der Waals surface area contributed by atoms with Crippen molar-refractivity contribution in [1.82, 2.24) is 10.2 Å². The molecule has 0 fully saturated rings. The number of carbonyl (C=O) groups is 1. The van der Waals surface area contributed by atoms with E-state index in [9.17, 15) is 4.79 Å². The lowest BCUT2D eigenvalue weighted by Crippen LogP contribution is -2.29. The maximum Gasteiger partial charge on any atom is 0.251 e. The number of nitrogens with two attached hydrogens (primary N) is 1. The SMILES string of the molecule is CCN(CC)Cc1cccc(C(=O)NCCN)c1. The zero-order chi connectivity index (χ0) is 13.4. The van der Waals surface area contributed by atoms with Gasteiger partial charge in [-0.25, -0.2) is 0 Å². The molecule has 0 bridgehead atoms.